The van der Waals surface area contributed by atoms with Gasteiger partial charge in [-0.25, -0.2) is 0 Å². The molecule has 0 radical (unpaired) electrons. The average Bonchev–Trinajstić information content (AvgIpc) is 2.72. The van der Waals surface area contributed by atoms with Crippen LogP contribution in [0.25, 0.3) is 0 Å². The molecule has 1 spiro atoms. The molecule has 0 aromatic carbocycles. The van der Waals surface area contributed by atoms with E-state index in [4.69, 9.17) is 4.42 Å². The van der Waals surface area contributed by atoms with Gasteiger partial charge >= 0.3 is 0 Å². The van der Waals surface area contributed by atoms with E-state index in [0.717, 1.165) is 5.76 Å². The molecule has 1 aromatic rings. The lowest BCUT2D eigenvalue weighted by molar-refractivity contribution is 0.0726. The molecule has 0 amide bonds. The van der Waals surface area contributed by atoms with Crippen molar-refractivity contribution in [3.05, 3.63) is 24.2 Å². The quantitative estimate of drug-likeness (QED) is 0.713. The van der Waals surface area contributed by atoms with E-state index in [0.29, 0.717) is 11.5 Å². The van der Waals surface area contributed by atoms with Crippen molar-refractivity contribution >= 4 is 0 Å². The zero-order valence-corrected chi connectivity index (χ0v) is 7.75. The standard InChI is InChI=1S/C11H15NO/c1-2-6-11(5-1)8-12-10(11)9-4-3-7-13-9/h3-4,7,10,12H,1-2,5-6,8H2/t10-/m1/s1. The molecule has 1 saturated carbocycles. The van der Waals surface area contributed by atoms with E-state index < -0.39 is 0 Å². The summed E-state index contributed by atoms with van der Waals surface area (Å²) in [5.74, 6) is 1.13. The molecule has 2 heteroatoms. The third-order valence-electron chi connectivity index (χ3n) is 3.70. The first kappa shape index (κ1) is 7.63. The van der Waals surface area contributed by atoms with Gasteiger partial charge in [-0.15, -0.1) is 0 Å². The third kappa shape index (κ3) is 0.983. The molecule has 0 bridgehead atoms. The van der Waals surface area contributed by atoms with Crippen LogP contribution in [0.3, 0.4) is 0 Å². The van der Waals surface area contributed by atoms with Crippen LogP contribution >= 0.6 is 0 Å². The first-order chi connectivity index (χ1) is 6.41. The van der Waals surface area contributed by atoms with Crippen LogP contribution < -0.4 is 5.32 Å². The van der Waals surface area contributed by atoms with Gasteiger partial charge in [-0.05, 0) is 25.0 Å². The second-order valence-electron chi connectivity index (χ2n) is 4.40. The number of furan rings is 1. The van der Waals surface area contributed by atoms with Crippen molar-refractivity contribution in [3.63, 3.8) is 0 Å². The van der Waals surface area contributed by atoms with E-state index in [2.05, 4.69) is 11.4 Å². The van der Waals surface area contributed by atoms with Gasteiger partial charge in [0.05, 0.1) is 12.3 Å². The van der Waals surface area contributed by atoms with Gasteiger partial charge in [-0.3, -0.25) is 0 Å². The summed E-state index contributed by atoms with van der Waals surface area (Å²) in [5.41, 5.74) is 0.553. The highest BCUT2D eigenvalue weighted by atomic mass is 16.3. The van der Waals surface area contributed by atoms with Gasteiger partial charge in [0.2, 0.25) is 0 Å². The van der Waals surface area contributed by atoms with E-state index in [1.807, 2.05) is 6.07 Å². The second-order valence-corrected chi connectivity index (χ2v) is 4.40. The van der Waals surface area contributed by atoms with Gasteiger partial charge < -0.3 is 9.73 Å². The summed E-state index contributed by atoms with van der Waals surface area (Å²) < 4.78 is 5.46. The van der Waals surface area contributed by atoms with Crippen molar-refractivity contribution < 1.29 is 4.42 Å². The van der Waals surface area contributed by atoms with Crippen LogP contribution in [0, 0.1) is 5.41 Å². The Morgan fingerprint density at radius 3 is 2.77 bits per heavy atom. The molecule has 2 heterocycles. The molecule has 2 fully saturated rings. The maximum absolute atomic E-state index is 5.46. The minimum atomic E-state index is 0.505. The van der Waals surface area contributed by atoms with Crippen LogP contribution in [0.15, 0.2) is 22.8 Å². The summed E-state index contributed by atoms with van der Waals surface area (Å²) in [4.78, 5) is 0. The molecule has 1 N–H and O–H groups in total. The monoisotopic (exact) mass is 177 g/mol. The molecule has 3 rings (SSSR count). The molecule has 70 valence electrons. The van der Waals surface area contributed by atoms with Crippen molar-refractivity contribution in [2.45, 2.75) is 31.7 Å². The summed E-state index contributed by atoms with van der Waals surface area (Å²) in [6, 6.07) is 4.58. The number of hydrogen-bond acceptors (Lipinski definition) is 2. The summed E-state index contributed by atoms with van der Waals surface area (Å²) >= 11 is 0. The highest BCUT2D eigenvalue weighted by Crippen LogP contribution is 2.52. The Balaban J connectivity index is 1.86. The lowest BCUT2D eigenvalue weighted by Crippen LogP contribution is -2.54. The van der Waals surface area contributed by atoms with Crippen LogP contribution in [0.2, 0.25) is 0 Å². The van der Waals surface area contributed by atoms with Crippen molar-refractivity contribution in [1.82, 2.24) is 5.32 Å². The lowest BCUT2D eigenvalue weighted by atomic mass is 9.71. The number of hydrogen-bond donors (Lipinski definition) is 1. The van der Waals surface area contributed by atoms with Crippen LogP contribution in [-0.4, -0.2) is 6.54 Å². The normalized spacial score (nSPS) is 30.6. The fourth-order valence-corrected chi connectivity index (χ4v) is 2.90. The summed E-state index contributed by atoms with van der Waals surface area (Å²) in [7, 11) is 0. The van der Waals surface area contributed by atoms with Gasteiger partial charge in [0.25, 0.3) is 0 Å². The Bertz CT molecular complexity index is 285. The van der Waals surface area contributed by atoms with E-state index in [1.54, 1.807) is 6.26 Å². The number of rotatable bonds is 1. The largest absolute Gasteiger partial charge is 0.468 e. The highest BCUT2D eigenvalue weighted by Gasteiger charge is 2.49. The zero-order valence-electron chi connectivity index (χ0n) is 7.75. The number of nitrogens with one attached hydrogen (secondary N) is 1. The fraction of sp³-hybridized carbons (Fsp3) is 0.636. The summed E-state index contributed by atoms with van der Waals surface area (Å²) in [6.45, 7) is 1.19. The average molecular weight is 177 g/mol. The van der Waals surface area contributed by atoms with Crippen LogP contribution in [0.4, 0.5) is 0 Å². The minimum Gasteiger partial charge on any atom is -0.468 e. The van der Waals surface area contributed by atoms with E-state index >= 15 is 0 Å². The molecular formula is C11H15NO. The molecule has 0 unspecified atom stereocenters. The maximum Gasteiger partial charge on any atom is 0.121 e. The summed E-state index contributed by atoms with van der Waals surface area (Å²) in [5, 5.41) is 3.49. The first-order valence-electron chi connectivity index (χ1n) is 5.18. The van der Waals surface area contributed by atoms with Gasteiger partial charge in [0.1, 0.15) is 5.76 Å². The van der Waals surface area contributed by atoms with Gasteiger partial charge in [-0.1, -0.05) is 12.8 Å². The second kappa shape index (κ2) is 2.61. The van der Waals surface area contributed by atoms with Crippen molar-refractivity contribution in [2.75, 3.05) is 6.54 Å². The fourth-order valence-electron chi connectivity index (χ4n) is 2.90. The first-order valence-corrected chi connectivity index (χ1v) is 5.18. The predicted octanol–water partition coefficient (Wildman–Crippen LogP) is 2.48. The Morgan fingerprint density at radius 2 is 2.23 bits per heavy atom. The SMILES string of the molecule is c1coc([C@H]2NCC23CCCC3)c1. The van der Waals surface area contributed by atoms with Crippen molar-refractivity contribution in [2.24, 2.45) is 5.41 Å². The Labute approximate surface area is 78.3 Å². The van der Waals surface area contributed by atoms with E-state index in [-0.39, 0.29) is 0 Å². The van der Waals surface area contributed by atoms with Crippen molar-refractivity contribution in [1.29, 1.82) is 0 Å². The molecular weight excluding hydrogens is 162 g/mol. The molecule has 2 aliphatic rings. The molecule has 1 aromatic heterocycles. The lowest BCUT2D eigenvalue weighted by Gasteiger charge is -2.47. The Hall–Kier alpha value is -0.760. The van der Waals surface area contributed by atoms with Gasteiger partial charge in [0, 0.05) is 12.0 Å². The van der Waals surface area contributed by atoms with Gasteiger partial charge in [0.15, 0.2) is 0 Å². The molecule has 2 nitrogen and oxygen atoms in total. The smallest absolute Gasteiger partial charge is 0.121 e. The van der Waals surface area contributed by atoms with Crippen molar-refractivity contribution in [3.8, 4) is 0 Å². The van der Waals surface area contributed by atoms with Crippen LogP contribution in [0.1, 0.15) is 37.5 Å². The Morgan fingerprint density at radius 1 is 1.38 bits per heavy atom. The molecule has 1 aliphatic heterocycles. The predicted molar refractivity (Wildman–Crippen MR) is 50.4 cm³/mol. The van der Waals surface area contributed by atoms with Crippen LogP contribution in [0.5, 0.6) is 0 Å². The zero-order chi connectivity index (χ0) is 8.73. The molecule has 1 aliphatic carbocycles. The van der Waals surface area contributed by atoms with E-state index in [1.165, 1.54) is 32.2 Å². The highest BCUT2D eigenvalue weighted by molar-refractivity contribution is 5.16. The van der Waals surface area contributed by atoms with Gasteiger partial charge in [-0.2, -0.15) is 0 Å². The minimum absolute atomic E-state index is 0.505. The van der Waals surface area contributed by atoms with Crippen LogP contribution in [-0.2, 0) is 0 Å². The molecule has 13 heavy (non-hydrogen) atoms. The maximum atomic E-state index is 5.46. The topological polar surface area (TPSA) is 25.2 Å². The summed E-state index contributed by atoms with van der Waals surface area (Å²) in [6.07, 6.45) is 7.34. The van der Waals surface area contributed by atoms with E-state index in [9.17, 15) is 0 Å². The molecule has 1 atom stereocenters. The Kier molecular flexibility index (Phi) is 1.53. The molecule has 1 saturated heterocycles. The third-order valence-corrected chi connectivity index (χ3v) is 3.70.